The van der Waals surface area contributed by atoms with Crippen molar-refractivity contribution in [3.05, 3.63) is 35.6 Å². The van der Waals surface area contributed by atoms with Gasteiger partial charge in [0.1, 0.15) is 15.7 Å². The van der Waals surface area contributed by atoms with E-state index in [0.29, 0.717) is 31.2 Å². The highest BCUT2D eigenvalue weighted by Crippen LogP contribution is 2.40. The van der Waals surface area contributed by atoms with E-state index in [0.717, 1.165) is 0 Å². The Kier molecular flexibility index (Phi) is 4.27. The van der Waals surface area contributed by atoms with Crippen molar-refractivity contribution in [2.45, 2.75) is 48.8 Å². The van der Waals surface area contributed by atoms with Crippen LogP contribution in [0, 0.1) is 5.82 Å². The van der Waals surface area contributed by atoms with Gasteiger partial charge in [0.15, 0.2) is 0 Å². The molecule has 2 saturated heterocycles. The molecule has 2 unspecified atom stereocenters. The fourth-order valence-electron chi connectivity index (χ4n) is 3.80. The Morgan fingerprint density at radius 1 is 1.13 bits per heavy atom. The van der Waals surface area contributed by atoms with Crippen molar-refractivity contribution in [3.63, 3.8) is 0 Å². The zero-order valence-corrected chi connectivity index (χ0v) is 14.5. The Hall–Kier alpha value is -0.990. The highest BCUT2D eigenvalue weighted by atomic mass is 32.2. The minimum atomic E-state index is -3.59. The van der Waals surface area contributed by atoms with E-state index in [1.165, 1.54) is 28.8 Å². The first-order chi connectivity index (χ1) is 10.7. The first kappa shape index (κ1) is 16.9. The lowest BCUT2D eigenvalue weighted by Crippen LogP contribution is -2.49. The molecule has 2 fully saturated rings. The second-order valence-electron chi connectivity index (χ2n) is 6.52. The predicted octanol–water partition coefficient (Wildman–Crippen LogP) is 1.70. The molecule has 128 valence electrons. The molecule has 3 rings (SSSR count). The molecule has 0 radical (unpaired) electrons. The third kappa shape index (κ3) is 3.44. The van der Waals surface area contributed by atoms with Gasteiger partial charge in [-0.15, -0.1) is 0 Å². The number of piperidine rings is 1. The lowest BCUT2D eigenvalue weighted by atomic mass is 10.1. The van der Waals surface area contributed by atoms with Crippen molar-refractivity contribution in [3.8, 4) is 0 Å². The number of nitrogens with zero attached hydrogens (tertiary/aromatic N) is 1. The fraction of sp³-hybridized carbons (Fsp3) is 0.600. The quantitative estimate of drug-likeness (QED) is 0.818. The van der Waals surface area contributed by atoms with Crippen molar-refractivity contribution in [1.82, 2.24) is 4.31 Å². The summed E-state index contributed by atoms with van der Waals surface area (Å²) in [7, 11) is -6.74. The van der Waals surface area contributed by atoms with E-state index in [4.69, 9.17) is 0 Å². The lowest BCUT2D eigenvalue weighted by Gasteiger charge is -2.37. The third-order valence-corrected chi connectivity index (χ3v) is 8.32. The van der Waals surface area contributed by atoms with Gasteiger partial charge in [0, 0.05) is 18.3 Å². The zero-order chi connectivity index (χ0) is 16.8. The summed E-state index contributed by atoms with van der Waals surface area (Å²) in [6.07, 6.45) is 3.32. The minimum absolute atomic E-state index is 0.249. The van der Waals surface area contributed by atoms with E-state index in [1.54, 1.807) is 6.07 Å². The Bertz CT molecular complexity index is 793. The number of hydrogen-bond acceptors (Lipinski definition) is 4. The van der Waals surface area contributed by atoms with Crippen molar-refractivity contribution >= 4 is 19.9 Å². The fourth-order valence-corrected chi connectivity index (χ4v) is 6.98. The summed E-state index contributed by atoms with van der Waals surface area (Å²) in [5, 5.41) is -0.458. The van der Waals surface area contributed by atoms with Gasteiger partial charge in [-0.05, 0) is 43.4 Å². The van der Waals surface area contributed by atoms with Gasteiger partial charge in [-0.3, -0.25) is 0 Å². The summed E-state index contributed by atoms with van der Waals surface area (Å²) >= 11 is 0. The molecule has 2 aliphatic rings. The number of halogens is 1. The van der Waals surface area contributed by atoms with E-state index >= 15 is 0 Å². The van der Waals surface area contributed by atoms with Crippen molar-refractivity contribution in [1.29, 1.82) is 0 Å². The maximum absolute atomic E-state index is 13.3. The van der Waals surface area contributed by atoms with Gasteiger partial charge in [-0.2, -0.15) is 4.31 Å². The van der Waals surface area contributed by atoms with Crippen LogP contribution in [-0.4, -0.2) is 44.7 Å². The van der Waals surface area contributed by atoms with Crippen LogP contribution in [0.5, 0.6) is 0 Å². The Balaban J connectivity index is 1.82. The highest BCUT2D eigenvalue weighted by Gasteiger charge is 2.48. The number of rotatable bonds is 4. The molecule has 0 saturated carbocycles. The molecule has 2 atom stereocenters. The molecule has 8 heteroatoms. The first-order valence-corrected chi connectivity index (χ1v) is 11.2. The summed E-state index contributed by atoms with van der Waals surface area (Å²) in [4.78, 5) is 0. The predicted molar refractivity (Wildman–Crippen MR) is 85.5 cm³/mol. The van der Waals surface area contributed by atoms with E-state index in [9.17, 15) is 21.2 Å². The molecule has 0 amide bonds. The summed E-state index contributed by atoms with van der Waals surface area (Å²) in [6.45, 7) is 0. The number of benzene rings is 1. The van der Waals surface area contributed by atoms with E-state index < -0.39 is 30.9 Å². The molecule has 1 aromatic carbocycles. The summed E-state index contributed by atoms with van der Waals surface area (Å²) in [5.74, 6) is -0.710. The van der Waals surface area contributed by atoms with Gasteiger partial charge in [0.05, 0.1) is 11.0 Å². The van der Waals surface area contributed by atoms with Crippen LogP contribution in [0.2, 0.25) is 0 Å². The smallest absolute Gasteiger partial charge is 0.218 e. The second-order valence-corrected chi connectivity index (χ2v) is 10.7. The molecule has 2 heterocycles. The molecule has 0 aliphatic carbocycles. The molecule has 23 heavy (non-hydrogen) atoms. The summed E-state index contributed by atoms with van der Waals surface area (Å²) < 4.78 is 63.8. The number of sulfonamides is 1. The van der Waals surface area contributed by atoms with Crippen LogP contribution in [0.4, 0.5) is 4.39 Å². The topological polar surface area (TPSA) is 71.5 Å². The van der Waals surface area contributed by atoms with Crippen LogP contribution >= 0.6 is 0 Å². The average Bonchev–Trinajstić information content (AvgIpc) is 2.69. The van der Waals surface area contributed by atoms with Gasteiger partial charge >= 0.3 is 0 Å². The largest absolute Gasteiger partial charge is 0.229 e. The van der Waals surface area contributed by atoms with Crippen molar-refractivity contribution in [2.24, 2.45) is 0 Å². The molecule has 0 aromatic heterocycles. The van der Waals surface area contributed by atoms with Gasteiger partial charge in [-0.25, -0.2) is 21.2 Å². The van der Waals surface area contributed by atoms with Gasteiger partial charge < -0.3 is 0 Å². The zero-order valence-electron chi connectivity index (χ0n) is 12.9. The molecule has 0 spiro atoms. The molecule has 0 N–H and O–H groups in total. The Morgan fingerprint density at radius 3 is 2.26 bits per heavy atom. The SMILES string of the molecule is CS(=O)(=O)C1CC2CCC(C1)N2S(=O)(=O)Cc1cccc(F)c1. The van der Waals surface area contributed by atoms with E-state index in [2.05, 4.69) is 0 Å². The Morgan fingerprint density at radius 2 is 1.74 bits per heavy atom. The van der Waals surface area contributed by atoms with Crippen LogP contribution in [0.3, 0.4) is 0 Å². The molecular weight excluding hydrogens is 341 g/mol. The number of hydrogen-bond donors (Lipinski definition) is 0. The molecule has 2 bridgehead atoms. The monoisotopic (exact) mass is 361 g/mol. The number of fused-ring (bicyclic) bond motifs is 2. The first-order valence-electron chi connectivity index (χ1n) is 7.61. The highest BCUT2D eigenvalue weighted by molar-refractivity contribution is 7.91. The second kappa shape index (κ2) is 5.82. The van der Waals surface area contributed by atoms with Crippen molar-refractivity contribution < 1.29 is 21.2 Å². The van der Waals surface area contributed by atoms with E-state index in [1.807, 2.05) is 0 Å². The number of sulfone groups is 1. The van der Waals surface area contributed by atoms with Crippen LogP contribution in [0.1, 0.15) is 31.2 Å². The maximum atomic E-state index is 13.3. The molecule has 5 nitrogen and oxygen atoms in total. The molecular formula is C15H20FNO4S2. The molecule has 1 aromatic rings. The lowest BCUT2D eigenvalue weighted by molar-refractivity contribution is 0.249. The van der Waals surface area contributed by atoms with Gasteiger partial charge in [0.2, 0.25) is 10.0 Å². The van der Waals surface area contributed by atoms with E-state index in [-0.39, 0.29) is 17.8 Å². The van der Waals surface area contributed by atoms with Crippen LogP contribution in [-0.2, 0) is 25.6 Å². The standard InChI is InChI=1S/C15H20FNO4S2/c1-22(18,19)15-8-13-5-6-14(9-15)17(13)23(20,21)10-11-3-2-4-12(16)7-11/h2-4,7,13-15H,5-6,8-10H2,1H3. The summed E-state index contributed by atoms with van der Waals surface area (Å²) in [5.41, 5.74) is 0.412. The normalized spacial score (nSPS) is 28.9. The third-order valence-electron chi connectivity index (χ3n) is 4.79. The summed E-state index contributed by atoms with van der Waals surface area (Å²) in [6, 6.07) is 5.07. The van der Waals surface area contributed by atoms with Crippen LogP contribution in [0.25, 0.3) is 0 Å². The van der Waals surface area contributed by atoms with Crippen LogP contribution < -0.4 is 0 Å². The van der Waals surface area contributed by atoms with Gasteiger partial charge in [0.25, 0.3) is 0 Å². The molecule has 2 aliphatic heterocycles. The van der Waals surface area contributed by atoms with Crippen LogP contribution in [0.15, 0.2) is 24.3 Å². The Labute approximate surface area is 136 Å². The average molecular weight is 361 g/mol. The maximum Gasteiger partial charge on any atom is 0.218 e. The van der Waals surface area contributed by atoms with Crippen molar-refractivity contribution in [2.75, 3.05) is 6.26 Å². The minimum Gasteiger partial charge on any atom is -0.229 e. The van der Waals surface area contributed by atoms with Gasteiger partial charge in [-0.1, -0.05) is 12.1 Å².